The Morgan fingerprint density at radius 3 is 2.80 bits per heavy atom. The Labute approximate surface area is 60.7 Å². The molecule has 3 unspecified atom stereocenters. The van der Waals surface area contributed by atoms with Gasteiger partial charge >= 0.3 is 0 Å². The molecular weight excluding hydrogens is 122 g/mol. The van der Waals surface area contributed by atoms with Crippen molar-refractivity contribution in [3.8, 4) is 6.07 Å². The van der Waals surface area contributed by atoms with Crippen molar-refractivity contribution in [2.45, 2.75) is 6.42 Å². The van der Waals surface area contributed by atoms with E-state index < -0.39 is 0 Å². The smallest absolute Gasteiger partial charge is 0.0662 e. The van der Waals surface area contributed by atoms with Crippen molar-refractivity contribution in [1.82, 2.24) is 0 Å². The number of nitrogens with zero attached hydrogens (tertiary/aromatic N) is 1. The van der Waals surface area contributed by atoms with Gasteiger partial charge in [-0.3, -0.25) is 0 Å². The van der Waals surface area contributed by atoms with Gasteiger partial charge in [-0.25, -0.2) is 0 Å². The molecule has 1 saturated carbocycles. The van der Waals surface area contributed by atoms with Gasteiger partial charge in [0.2, 0.25) is 0 Å². The van der Waals surface area contributed by atoms with Crippen molar-refractivity contribution in [2.75, 3.05) is 0 Å². The lowest BCUT2D eigenvalue weighted by atomic mass is 9.64. The van der Waals surface area contributed by atoms with Crippen LogP contribution in [0.15, 0.2) is 24.3 Å². The molecule has 2 aliphatic rings. The highest BCUT2D eigenvalue weighted by molar-refractivity contribution is 5.22. The van der Waals surface area contributed by atoms with Crippen molar-refractivity contribution < 1.29 is 0 Å². The molecule has 0 spiro atoms. The van der Waals surface area contributed by atoms with E-state index in [1.807, 2.05) is 6.08 Å². The van der Waals surface area contributed by atoms with E-state index in [9.17, 15) is 0 Å². The summed E-state index contributed by atoms with van der Waals surface area (Å²) in [5.74, 6) is 1.51. The topological polar surface area (TPSA) is 23.8 Å². The molecule has 0 amide bonds. The first-order valence-electron chi connectivity index (χ1n) is 3.66. The van der Waals surface area contributed by atoms with E-state index in [2.05, 4.69) is 24.3 Å². The van der Waals surface area contributed by atoms with Crippen molar-refractivity contribution in [3.63, 3.8) is 0 Å². The zero-order valence-corrected chi connectivity index (χ0v) is 5.70. The Morgan fingerprint density at radius 1 is 1.30 bits per heavy atom. The number of hydrogen-bond acceptors (Lipinski definition) is 1. The van der Waals surface area contributed by atoms with Crippen LogP contribution in [0.3, 0.4) is 0 Å². The Balaban J connectivity index is 2.13. The minimum Gasteiger partial charge on any atom is -0.198 e. The summed E-state index contributed by atoms with van der Waals surface area (Å²) in [7, 11) is 0. The maximum Gasteiger partial charge on any atom is 0.0662 e. The summed E-state index contributed by atoms with van der Waals surface area (Å²) in [6, 6.07) is 2.32. The standard InChI is InChI=1S/C9H9N/c10-6-8-5-7-3-1-2-4-9(7)8/h1-4,7-9H,5H2. The lowest BCUT2D eigenvalue weighted by Gasteiger charge is -2.38. The van der Waals surface area contributed by atoms with Gasteiger partial charge in [0.25, 0.3) is 0 Å². The molecule has 0 aromatic carbocycles. The van der Waals surface area contributed by atoms with Gasteiger partial charge in [0.1, 0.15) is 0 Å². The second-order valence-corrected chi connectivity index (χ2v) is 2.98. The SMILES string of the molecule is N#CC1CC2C=CC=CC12. The summed E-state index contributed by atoms with van der Waals surface area (Å²) in [4.78, 5) is 0. The summed E-state index contributed by atoms with van der Waals surface area (Å²) >= 11 is 0. The van der Waals surface area contributed by atoms with Gasteiger partial charge < -0.3 is 0 Å². The van der Waals surface area contributed by atoms with Crippen LogP contribution >= 0.6 is 0 Å². The van der Waals surface area contributed by atoms with Crippen LogP contribution in [0.5, 0.6) is 0 Å². The van der Waals surface area contributed by atoms with Gasteiger partial charge in [0, 0.05) is 0 Å². The third kappa shape index (κ3) is 0.623. The van der Waals surface area contributed by atoms with Crippen LogP contribution in [0, 0.1) is 29.1 Å². The van der Waals surface area contributed by atoms with E-state index >= 15 is 0 Å². The predicted molar refractivity (Wildman–Crippen MR) is 39.0 cm³/mol. The van der Waals surface area contributed by atoms with Crippen molar-refractivity contribution >= 4 is 0 Å². The minimum atomic E-state index is 0.297. The number of fused-ring (bicyclic) bond motifs is 1. The molecule has 0 radical (unpaired) electrons. The van der Waals surface area contributed by atoms with E-state index in [0.29, 0.717) is 17.8 Å². The van der Waals surface area contributed by atoms with Crippen LogP contribution in [0.1, 0.15) is 6.42 Å². The summed E-state index contributed by atoms with van der Waals surface area (Å²) in [6.45, 7) is 0. The number of rotatable bonds is 0. The monoisotopic (exact) mass is 131 g/mol. The van der Waals surface area contributed by atoms with Crippen LogP contribution < -0.4 is 0 Å². The van der Waals surface area contributed by atoms with Crippen LogP contribution in [-0.4, -0.2) is 0 Å². The van der Waals surface area contributed by atoms with Crippen LogP contribution in [-0.2, 0) is 0 Å². The first-order valence-corrected chi connectivity index (χ1v) is 3.66. The van der Waals surface area contributed by atoms with Gasteiger partial charge in [-0.1, -0.05) is 24.3 Å². The average Bonchev–Trinajstić information content (AvgIpc) is 1.92. The fourth-order valence-electron chi connectivity index (χ4n) is 1.73. The van der Waals surface area contributed by atoms with Gasteiger partial charge in [0.05, 0.1) is 12.0 Å². The molecule has 0 aromatic rings. The normalized spacial score (nSPS) is 41.7. The second kappa shape index (κ2) is 1.98. The predicted octanol–water partition coefficient (Wildman–Crippen LogP) is 1.89. The van der Waals surface area contributed by atoms with Crippen molar-refractivity contribution in [3.05, 3.63) is 24.3 Å². The molecule has 50 valence electrons. The van der Waals surface area contributed by atoms with Crippen LogP contribution in [0.25, 0.3) is 0 Å². The minimum absolute atomic E-state index is 0.297. The summed E-state index contributed by atoms with van der Waals surface area (Å²) in [6.07, 6.45) is 9.56. The Hall–Kier alpha value is -1.03. The molecule has 2 aliphatic carbocycles. The number of nitriles is 1. The van der Waals surface area contributed by atoms with Crippen molar-refractivity contribution in [1.29, 1.82) is 5.26 Å². The van der Waals surface area contributed by atoms with E-state index in [-0.39, 0.29) is 0 Å². The summed E-state index contributed by atoms with van der Waals surface area (Å²) in [5, 5.41) is 8.62. The molecule has 0 bridgehead atoms. The maximum atomic E-state index is 8.62. The maximum absolute atomic E-state index is 8.62. The van der Waals surface area contributed by atoms with Crippen LogP contribution in [0.2, 0.25) is 0 Å². The van der Waals surface area contributed by atoms with E-state index in [4.69, 9.17) is 5.26 Å². The largest absolute Gasteiger partial charge is 0.198 e. The molecule has 1 heteroatoms. The highest BCUT2D eigenvalue weighted by Crippen LogP contribution is 2.43. The highest BCUT2D eigenvalue weighted by atomic mass is 14.4. The molecule has 10 heavy (non-hydrogen) atoms. The average molecular weight is 131 g/mol. The van der Waals surface area contributed by atoms with Gasteiger partial charge in [0.15, 0.2) is 0 Å². The van der Waals surface area contributed by atoms with Gasteiger partial charge in [-0.15, -0.1) is 0 Å². The highest BCUT2D eigenvalue weighted by Gasteiger charge is 2.38. The molecule has 1 nitrogen and oxygen atoms in total. The van der Waals surface area contributed by atoms with Crippen LogP contribution in [0.4, 0.5) is 0 Å². The molecule has 3 atom stereocenters. The molecular formula is C9H9N. The Kier molecular flexibility index (Phi) is 1.14. The molecule has 0 heterocycles. The first-order chi connectivity index (χ1) is 4.92. The number of allylic oxidation sites excluding steroid dienone is 4. The third-order valence-electron chi connectivity index (χ3n) is 2.45. The van der Waals surface area contributed by atoms with E-state index in [1.54, 1.807) is 0 Å². The molecule has 0 saturated heterocycles. The zero-order valence-electron chi connectivity index (χ0n) is 5.70. The zero-order chi connectivity index (χ0) is 6.97. The molecule has 0 aliphatic heterocycles. The Morgan fingerprint density at radius 2 is 2.10 bits per heavy atom. The van der Waals surface area contributed by atoms with Gasteiger partial charge in [-0.05, 0) is 18.3 Å². The van der Waals surface area contributed by atoms with E-state index in [0.717, 1.165) is 6.42 Å². The molecule has 1 fully saturated rings. The summed E-state index contributed by atoms with van der Waals surface area (Å²) < 4.78 is 0. The fourth-order valence-corrected chi connectivity index (χ4v) is 1.73. The Bertz CT molecular complexity index is 232. The van der Waals surface area contributed by atoms with Crippen molar-refractivity contribution in [2.24, 2.45) is 17.8 Å². The first kappa shape index (κ1) is 5.73. The quantitative estimate of drug-likeness (QED) is 0.492. The molecule has 0 N–H and O–H groups in total. The molecule has 0 aromatic heterocycles. The lowest BCUT2D eigenvalue weighted by molar-refractivity contribution is 0.207. The van der Waals surface area contributed by atoms with E-state index in [1.165, 1.54) is 0 Å². The fraction of sp³-hybridized carbons (Fsp3) is 0.444. The second-order valence-electron chi connectivity index (χ2n) is 2.98. The lowest BCUT2D eigenvalue weighted by Crippen LogP contribution is -2.33. The van der Waals surface area contributed by atoms with Gasteiger partial charge in [-0.2, -0.15) is 5.26 Å². The number of hydrogen-bond donors (Lipinski definition) is 0. The third-order valence-corrected chi connectivity index (χ3v) is 2.45. The molecule has 2 rings (SSSR count). The summed E-state index contributed by atoms with van der Waals surface area (Å²) in [5.41, 5.74) is 0.